The predicted molar refractivity (Wildman–Crippen MR) is 108 cm³/mol. The zero-order valence-corrected chi connectivity index (χ0v) is 17.5. The second-order valence-corrected chi connectivity index (χ2v) is 8.17. The summed E-state index contributed by atoms with van der Waals surface area (Å²) in [5.74, 6) is 0.799. The molecule has 8 heteroatoms. The van der Waals surface area contributed by atoms with Crippen molar-refractivity contribution >= 4 is 40.0 Å². The van der Waals surface area contributed by atoms with Crippen LogP contribution in [0, 0.1) is 5.92 Å². The summed E-state index contributed by atoms with van der Waals surface area (Å²) in [6.45, 7) is 4.81. The zero-order chi connectivity index (χ0) is 17.0. The monoisotopic (exact) mass is 466 g/mol. The lowest BCUT2D eigenvalue weighted by Crippen LogP contribution is -2.35. The average Bonchev–Trinajstić information content (AvgIpc) is 3.35. The average molecular weight is 466 g/mol. The van der Waals surface area contributed by atoms with Crippen molar-refractivity contribution in [3.8, 4) is 0 Å². The molecular weight excluding hydrogens is 439 g/mol. The summed E-state index contributed by atoms with van der Waals surface area (Å²) >= 11 is 0. The Morgan fingerprint density at radius 2 is 1.92 bits per heavy atom. The summed E-state index contributed by atoms with van der Waals surface area (Å²) in [7, 11) is -1.49. The largest absolute Gasteiger partial charge is 0.370 e. The van der Waals surface area contributed by atoms with E-state index < -0.39 is 10.0 Å². The summed E-state index contributed by atoms with van der Waals surface area (Å²) in [6.07, 6.45) is 2.34. The Balaban J connectivity index is 0.00000288. The number of sulfonamides is 1. The minimum Gasteiger partial charge on any atom is -0.370 e. The van der Waals surface area contributed by atoms with Crippen LogP contribution in [-0.4, -0.2) is 38.9 Å². The maximum atomic E-state index is 12.1. The van der Waals surface area contributed by atoms with Crippen LogP contribution in [0.3, 0.4) is 0 Å². The molecule has 2 rings (SSSR count). The number of nitrogens with two attached hydrogens (primary N) is 1. The van der Waals surface area contributed by atoms with E-state index in [1.807, 2.05) is 25.8 Å². The van der Waals surface area contributed by atoms with Crippen LogP contribution in [0.5, 0.6) is 0 Å². The highest BCUT2D eigenvalue weighted by Crippen LogP contribution is 2.25. The molecule has 1 fully saturated rings. The summed E-state index contributed by atoms with van der Waals surface area (Å²) in [5, 5.41) is 0. The third-order valence-corrected chi connectivity index (χ3v) is 5.23. The van der Waals surface area contributed by atoms with Gasteiger partial charge in [-0.2, -0.15) is 0 Å². The van der Waals surface area contributed by atoms with Crippen molar-refractivity contribution in [3.63, 3.8) is 0 Å². The van der Waals surface area contributed by atoms with Gasteiger partial charge in [0, 0.05) is 19.6 Å². The molecular formula is C16H27IN4O2S. The first-order valence-electron chi connectivity index (χ1n) is 7.91. The molecule has 1 saturated carbocycles. The van der Waals surface area contributed by atoms with Gasteiger partial charge in [0.1, 0.15) is 0 Å². The van der Waals surface area contributed by atoms with Gasteiger partial charge in [0.25, 0.3) is 0 Å². The first-order valence-corrected chi connectivity index (χ1v) is 9.39. The third-order valence-electron chi connectivity index (χ3n) is 3.79. The van der Waals surface area contributed by atoms with Gasteiger partial charge in [-0.05, 0) is 36.5 Å². The molecule has 24 heavy (non-hydrogen) atoms. The van der Waals surface area contributed by atoms with E-state index >= 15 is 0 Å². The fraction of sp³-hybridized carbons (Fsp3) is 0.562. The van der Waals surface area contributed by atoms with Crippen LogP contribution in [0.4, 0.5) is 0 Å². The second kappa shape index (κ2) is 9.00. The first kappa shape index (κ1) is 21.2. The maximum Gasteiger partial charge on any atom is 0.240 e. The van der Waals surface area contributed by atoms with Crippen LogP contribution in [0.25, 0.3) is 0 Å². The summed E-state index contributed by atoms with van der Waals surface area (Å²) in [6, 6.07) is 7.29. The van der Waals surface area contributed by atoms with Crippen molar-refractivity contribution in [2.24, 2.45) is 16.6 Å². The lowest BCUT2D eigenvalue weighted by molar-refractivity contribution is 0.487. The number of rotatable bonds is 7. The summed E-state index contributed by atoms with van der Waals surface area (Å²) in [4.78, 5) is 6.63. The Labute approximate surface area is 162 Å². The van der Waals surface area contributed by atoms with Gasteiger partial charge in [0.15, 0.2) is 5.96 Å². The Bertz CT molecular complexity index is 655. The minimum absolute atomic E-state index is 0. The molecule has 0 radical (unpaired) electrons. The van der Waals surface area contributed by atoms with E-state index in [1.165, 1.54) is 12.8 Å². The fourth-order valence-electron chi connectivity index (χ4n) is 2.07. The molecule has 0 saturated heterocycles. The van der Waals surface area contributed by atoms with Gasteiger partial charge in [0.2, 0.25) is 10.0 Å². The van der Waals surface area contributed by atoms with Gasteiger partial charge in [-0.25, -0.2) is 18.1 Å². The lowest BCUT2D eigenvalue weighted by Gasteiger charge is -2.16. The van der Waals surface area contributed by atoms with Crippen LogP contribution in [0.2, 0.25) is 0 Å². The Hall–Kier alpha value is -0.870. The molecule has 0 atom stereocenters. The van der Waals surface area contributed by atoms with E-state index in [1.54, 1.807) is 24.3 Å². The minimum atomic E-state index is -3.44. The Kier molecular flexibility index (Phi) is 7.94. The number of hydrogen-bond acceptors (Lipinski definition) is 3. The molecule has 136 valence electrons. The van der Waals surface area contributed by atoms with Crippen molar-refractivity contribution in [2.45, 2.75) is 44.2 Å². The standard InChI is InChI=1S/C16H26N4O2S.HI/c1-12(2)10-19-23(21,22)15-8-4-13(5-9-15)11-18-16(17)20(3)14-6-7-14;/h4-5,8-9,12,14,19H,6-7,10-11H2,1-3H3,(H2,17,18);1H. The third kappa shape index (κ3) is 6.21. The quantitative estimate of drug-likeness (QED) is 0.366. The highest BCUT2D eigenvalue weighted by molar-refractivity contribution is 14.0. The van der Waals surface area contributed by atoms with Crippen LogP contribution < -0.4 is 10.5 Å². The number of aliphatic imine (C=N–C) groups is 1. The summed E-state index contributed by atoms with van der Waals surface area (Å²) < 4.78 is 26.8. The van der Waals surface area contributed by atoms with Gasteiger partial charge < -0.3 is 10.6 Å². The highest BCUT2D eigenvalue weighted by Gasteiger charge is 2.27. The number of halogens is 1. The molecule has 0 spiro atoms. The van der Waals surface area contributed by atoms with Gasteiger partial charge in [-0.1, -0.05) is 26.0 Å². The van der Waals surface area contributed by atoms with Crippen LogP contribution >= 0.6 is 24.0 Å². The van der Waals surface area contributed by atoms with Gasteiger partial charge >= 0.3 is 0 Å². The summed E-state index contributed by atoms with van der Waals surface area (Å²) in [5.41, 5.74) is 6.87. The van der Waals surface area contributed by atoms with Crippen molar-refractivity contribution in [1.82, 2.24) is 9.62 Å². The molecule has 3 N–H and O–H groups in total. The van der Waals surface area contributed by atoms with Crippen LogP contribution in [0.15, 0.2) is 34.2 Å². The van der Waals surface area contributed by atoms with Gasteiger partial charge in [-0.3, -0.25) is 0 Å². The molecule has 6 nitrogen and oxygen atoms in total. The van der Waals surface area contributed by atoms with E-state index in [0.29, 0.717) is 25.1 Å². The smallest absolute Gasteiger partial charge is 0.240 e. The molecule has 0 aromatic heterocycles. The van der Waals surface area contributed by atoms with Crippen molar-refractivity contribution in [3.05, 3.63) is 29.8 Å². The lowest BCUT2D eigenvalue weighted by atomic mass is 10.2. The number of benzene rings is 1. The van der Waals surface area contributed by atoms with Crippen LogP contribution in [0.1, 0.15) is 32.3 Å². The molecule has 1 aliphatic rings. The molecule has 1 aromatic carbocycles. The molecule has 0 heterocycles. The van der Waals surface area contributed by atoms with E-state index in [4.69, 9.17) is 5.73 Å². The molecule has 0 aliphatic heterocycles. The number of hydrogen-bond donors (Lipinski definition) is 2. The van der Waals surface area contributed by atoms with Gasteiger partial charge in [-0.15, -0.1) is 24.0 Å². The van der Waals surface area contributed by atoms with E-state index in [2.05, 4.69) is 9.71 Å². The Morgan fingerprint density at radius 1 is 1.33 bits per heavy atom. The van der Waals surface area contributed by atoms with Crippen molar-refractivity contribution in [2.75, 3.05) is 13.6 Å². The van der Waals surface area contributed by atoms with E-state index in [0.717, 1.165) is 5.56 Å². The van der Waals surface area contributed by atoms with Gasteiger partial charge in [0.05, 0.1) is 11.4 Å². The van der Waals surface area contributed by atoms with E-state index in [-0.39, 0.29) is 34.8 Å². The Morgan fingerprint density at radius 3 is 2.42 bits per heavy atom. The second-order valence-electron chi connectivity index (χ2n) is 6.41. The molecule has 0 bridgehead atoms. The highest BCUT2D eigenvalue weighted by atomic mass is 127. The number of nitrogens with one attached hydrogen (secondary N) is 1. The van der Waals surface area contributed by atoms with Crippen LogP contribution in [-0.2, 0) is 16.6 Å². The SMILES string of the molecule is CC(C)CNS(=O)(=O)c1ccc(CN=C(N)N(C)C2CC2)cc1.I. The number of guanidine groups is 1. The van der Waals surface area contributed by atoms with E-state index in [9.17, 15) is 8.42 Å². The number of nitrogens with zero attached hydrogens (tertiary/aromatic N) is 2. The van der Waals surface area contributed by atoms with Crippen molar-refractivity contribution < 1.29 is 8.42 Å². The van der Waals surface area contributed by atoms with Crippen molar-refractivity contribution in [1.29, 1.82) is 0 Å². The molecule has 0 amide bonds. The predicted octanol–water partition coefficient (Wildman–Crippen LogP) is 2.15. The first-order chi connectivity index (χ1) is 10.8. The molecule has 1 aliphatic carbocycles. The normalized spacial score (nSPS) is 15.2. The zero-order valence-electron chi connectivity index (χ0n) is 14.4. The fourth-order valence-corrected chi connectivity index (χ4v) is 3.28. The molecule has 0 unspecified atom stereocenters. The maximum absolute atomic E-state index is 12.1. The molecule has 1 aromatic rings. The topological polar surface area (TPSA) is 87.8 Å².